The van der Waals surface area contributed by atoms with E-state index in [1.54, 1.807) is 7.11 Å². The van der Waals surface area contributed by atoms with Crippen molar-refractivity contribution in [3.8, 4) is 5.75 Å². The fraction of sp³-hybridized carbons (Fsp3) is 0.353. The molecule has 0 unspecified atom stereocenters. The number of nitrogens with one attached hydrogen (secondary N) is 1. The number of nitrogens with zero attached hydrogens (tertiary/aromatic N) is 1. The largest absolute Gasteiger partial charge is 0.497 e. The van der Waals surface area contributed by atoms with Crippen LogP contribution in [0.15, 0.2) is 48.8 Å². The summed E-state index contributed by atoms with van der Waals surface area (Å²) in [7, 11) is 1.66. The van der Waals surface area contributed by atoms with Crippen molar-refractivity contribution in [2.75, 3.05) is 13.7 Å². The molecule has 2 rings (SSSR count). The Morgan fingerprint density at radius 2 is 1.90 bits per heavy atom. The molecule has 0 radical (unpaired) electrons. The zero-order valence-electron chi connectivity index (χ0n) is 12.4. The smallest absolute Gasteiger partial charge is 0.220 e. The van der Waals surface area contributed by atoms with Crippen LogP contribution in [0.2, 0.25) is 0 Å². The summed E-state index contributed by atoms with van der Waals surface area (Å²) in [6.07, 6.45) is 6.31. The highest BCUT2D eigenvalue weighted by Gasteiger charge is 2.01. The molecule has 4 nitrogen and oxygen atoms in total. The van der Waals surface area contributed by atoms with Crippen molar-refractivity contribution in [2.24, 2.45) is 0 Å². The molecule has 1 aromatic heterocycles. The molecule has 0 spiro atoms. The van der Waals surface area contributed by atoms with E-state index in [2.05, 4.69) is 9.88 Å². The first kappa shape index (κ1) is 15.2. The molecule has 0 atom stereocenters. The number of benzene rings is 1. The number of rotatable bonds is 8. The van der Waals surface area contributed by atoms with Crippen LogP contribution in [0.1, 0.15) is 18.4 Å². The fourth-order valence-electron chi connectivity index (χ4n) is 2.17. The molecular formula is C17H22N2O2. The second-order valence-corrected chi connectivity index (χ2v) is 4.97. The number of carbonyl (C=O) groups excluding carboxylic acids is 1. The first-order valence-electron chi connectivity index (χ1n) is 7.28. The molecule has 0 saturated heterocycles. The predicted octanol–water partition coefficient (Wildman–Crippen LogP) is 2.64. The Labute approximate surface area is 125 Å². The molecule has 1 amide bonds. The van der Waals surface area contributed by atoms with Gasteiger partial charge in [0.15, 0.2) is 0 Å². The molecule has 0 aliphatic rings. The average molecular weight is 286 g/mol. The van der Waals surface area contributed by atoms with Crippen LogP contribution in [0.25, 0.3) is 0 Å². The SMILES string of the molecule is COc1ccc(CCNC(=O)CCCn2cccc2)cc1. The van der Waals surface area contributed by atoms with Crippen LogP contribution >= 0.6 is 0 Å². The number of aryl methyl sites for hydroxylation is 1. The van der Waals surface area contributed by atoms with Gasteiger partial charge in [0.2, 0.25) is 5.91 Å². The normalized spacial score (nSPS) is 10.3. The Kier molecular flexibility index (Phi) is 5.88. The van der Waals surface area contributed by atoms with Gasteiger partial charge in [0.1, 0.15) is 5.75 Å². The van der Waals surface area contributed by atoms with Gasteiger partial charge >= 0.3 is 0 Å². The van der Waals surface area contributed by atoms with E-state index in [-0.39, 0.29) is 5.91 Å². The fourth-order valence-corrected chi connectivity index (χ4v) is 2.17. The summed E-state index contributed by atoms with van der Waals surface area (Å²) in [5, 5.41) is 2.96. The third-order valence-corrected chi connectivity index (χ3v) is 3.38. The maximum absolute atomic E-state index is 11.7. The van der Waals surface area contributed by atoms with Crippen LogP contribution in [-0.2, 0) is 17.8 Å². The van der Waals surface area contributed by atoms with Crippen molar-refractivity contribution in [3.63, 3.8) is 0 Å². The van der Waals surface area contributed by atoms with Crippen molar-refractivity contribution in [1.82, 2.24) is 9.88 Å². The van der Waals surface area contributed by atoms with E-state index in [0.29, 0.717) is 13.0 Å². The lowest BCUT2D eigenvalue weighted by Crippen LogP contribution is -2.25. The lowest BCUT2D eigenvalue weighted by molar-refractivity contribution is -0.121. The quantitative estimate of drug-likeness (QED) is 0.810. The maximum atomic E-state index is 11.7. The summed E-state index contributed by atoms with van der Waals surface area (Å²) >= 11 is 0. The predicted molar refractivity (Wildman–Crippen MR) is 83.4 cm³/mol. The van der Waals surface area contributed by atoms with E-state index < -0.39 is 0 Å². The topological polar surface area (TPSA) is 43.3 Å². The first-order chi connectivity index (χ1) is 10.3. The Hall–Kier alpha value is -2.23. The van der Waals surface area contributed by atoms with Crippen LogP contribution in [0.3, 0.4) is 0 Å². The molecule has 2 aromatic rings. The highest BCUT2D eigenvalue weighted by Crippen LogP contribution is 2.11. The molecule has 4 heteroatoms. The summed E-state index contributed by atoms with van der Waals surface area (Å²) in [6, 6.07) is 11.9. The summed E-state index contributed by atoms with van der Waals surface area (Å²) < 4.78 is 7.20. The van der Waals surface area contributed by atoms with Gasteiger partial charge in [-0.05, 0) is 42.7 Å². The molecule has 0 fully saturated rings. The van der Waals surface area contributed by atoms with E-state index in [1.807, 2.05) is 48.8 Å². The van der Waals surface area contributed by atoms with Crippen LogP contribution in [-0.4, -0.2) is 24.1 Å². The van der Waals surface area contributed by atoms with Crippen LogP contribution in [0.5, 0.6) is 5.75 Å². The minimum Gasteiger partial charge on any atom is -0.497 e. The van der Waals surface area contributed by atoms with Gasteiger partial charge < -0.3 is 14.6 Å². The van der Waals surface area contributed by atoms with E-state index in [1.165, 1.54) is 5.56 Å². The van der Waals surface area contributed by atoms with E-state index in [9.17, 15) is 4.79 Å². The Bertz CT molecular complexity index is 532. The van der Waals surface area contributed by atoms with E-state index in [0.717, 1.165) is 25.1 Å². The van der Waals surface area contributed by atoms with Gasteiger partial charge in [-0.1, -0.05) is 12.1 Å². The highest BCUT2D eigenvalue weighted by molar-refractivity contribution is 5.75. The Morgan fingerprint density at radius 3 is 2.57 bits per heavy atom. The lowest BCUT2D eigenvalue weighted by Gasteiger charge is -2.07. The van der Waals surface area contributed by atoms with E-state index in [4.69, 9.17) is 4.74 Å². The van der Waals surface area contributed by atoms with Crippen LogP contribution in [0, 0.1) is 0 Å². The standard InChI is InChI=1S/C17H22N2O2/c1-21-16-8-6-15(7-9-16)10-11-18-17(20)5-4-14-19-12-2-3-13-19/h2-3,6-9,12-13H,4-5,10-11,14H2,1H3,(H,18,20). The van der Waals surface area contributed by atoms with Crippen molar-refractivity contribution in [3.05, 3.63) is 54.4 Å². The van der Waals surface area contributed by atoms with Crippen molar-refractivity contribution in [2.45, 2.75) is 25.8 Å². The number of hydrogen-bond acceptors (Lipinski definition) is 2. The van der Waals surface area contributed by atoms with Gasteiger partial charge in [-0.2, -0.15) is 0 Å². The van der Waals surface area contributed by atoms with Crippen molar-refractivity contribution < 1.29 is 9.53 Å². The minimum atomic E-state index is 0.121. The summed E-state index contributed by atoms with van der Waals surface area (Å²) in [6.45, 7) is 1.56. The third kappa shape index (κ3) is 5.34. The number of methoxy groups -OCH3 is 1. The molecule has 21 heavy (non-hydrogen) atoms. The van der Waals surface area contributed by atoms with Crippen LogP contribution in [0.4, 0.5) is 0 Å². The minimum absolute atomic E-state index is 0.121. The van der Waals surface area contributed by atoms with Gasteiger partial charge in [-0.15, -0.1) is 0 Å². The highest BCUT2D eigenvalue weighted by atomic mass is 16.5. The summed E-state index contributed by atoms with van der Waals surface area (Å²) in [4.78, 5) is 11.7. The number of amides is 1. The van der Waals surface area contributed by atoms with Crippen molar-refractivity contribution >= 4 is 5.91 Å². The lowest BCUT2D eigenvalue weighted by atomic mass is 10.1. The zero-order chi connectivity index (χ0) is 14.9. The maximum Gasteiger partial charge on any atom is 0.220 e. The van der Waals surface area contributed by atoms with Gasteiger partial charge in [0.05, 0.1) is 7.11 Å². The molecule has 112 valence electrons. The molecule has 1 N–H and O–H groups in total. The number of ether oxygens (including phenoxy) is 1. The third-order valence-electron chi connectivity index (χ3n) is 3.38. The van der Waals surface area contributed by atoms with Gasteiger partial charge in [0.25, 0.3) is 0 Å². The van der Waals surface area contributed by atoms with Gasteiger partial charge in [-0.3, -0.25) is 4.79 Å². The first-order valence-corrected chi connectivity index (χ1v) is 7.28. The number of hydrogen-bond donors (Lipinski definition) is 1. The molecule has 0 aliphatic heterocycles. The van der Waals surface area contributed by atoms with Crippen molar-refractivity contribution in [1.29, 1.82) is 0 Å². The molecule has 1 heterocycles. The van der Waals surface area contributed by atoms with E-state index >= 15 is 0 Å². The molecule has 0 saturated carbocycles. The summed E-state index contributed by atoms with van der Waals surface area (Å²) in [5.74, 6) is 0.975. The Morgan fingerprint density at radius 1 is 1.19 bits per heavy atom. The van der Waals surface area contributed by atoms with Gasteiger partial charge in [-0.25, -0.2) is 0 Å². The van der Waals surface area contributed by atoms with Crippen LogP contribution < -0.4 is 10.1 Å². The zero-order valence-corrected chi connectivity index (χ0v) is 12.4. The molecule has 0 aliphatic carbocycles. The molecule has 1 aromatic carbocycles. The second-order valence-electron chi connectivity index (χ2n) is 4.97. The van der Waals surface area contributed by atoms with Gasteiger partial charge in [0, 0.05) is 31.9 Å². The summed E-state index contributed by atoms with van der Waals surface area (Å²) in [5.41, 5.74) is 1.20. The Balaban J connectivity index is 1.60. The molecular weight excluding hydrogens is 264 g/mol. The monoisotopic (exact) mass is 286 g/mol. The molecule has 0 bridgehead atoms. The average Bonchev–Trinajstić information content (AvgIpc) is 3.01. The number of aromatic nitrogens is 1. The second kappa shape index (κ2) is 8.15. The number of carbonyl (C=O) groups is 1.